The molecule has 7 nitrogen and oxygen atoms in total. The zero-order valence-corrected chi connectivity index (χ0v) is 15.6. The molecule has 0 aliphatic rings. The number of hydrogen-bond acceptors (Lipinski definition) is 3. The van der Waals surface area contributed by atoms with E-state index >= 15 is 0 Å². The summed E-state index contributed by atoms with van der Waals surface area (Å²) in [4.78, 5) is 30.6. The number of fused-ring (bicyclic) bond motifs is 3. The van der Waals surface area contributed by atoms with E-state index in [0.717, 1.165) is 16.8 Å². The van der Waals surface area contributed by atoms with Gasteiger partial charge in [-0.1, -0.05) is 30.3 Å². The van der Waals surface area contributed by atoms with Gasteiger partial charge in [-0.2, -0.15) is 4.98 Å². The molecule has 0 saturated heterocycles. The highest BCUT2D eigenvalue weighted by Crippen LogP contribution is 2.16. The lowest BCUT2D eigenvalue weighted by molar-refractivity contribution is 0.654. The van der Waals surface area contributed by atoms with E-state index in [1.54, 1.807) is 17.5 Å². The highest BCUT2D eigenvalue weighted by Gasteiger charge is 2.20. The van der Waals surface area contributed by atoms with Crippen molar-refractivity contribution < 1.29 is 0 Å². The van der Waals surface area contributed by atoms with Gasteiger partial charge < -0.3 is 4.57 Å². The Labute approximate surface area is 155 Å². The van der Waals surface area contributed by atoms with Gasteiger partial charge >= 0.3 is 5.69 Å². The SMILES string of the molecule is C=CCn1c(C)cn2c3c(=O)n(Cc4ccccc4C)c(=O)n(C)c3nc12. The largest absolute Gasteiger partial charge is 0.332 e. The van der Waals surface area contributed by atoms with Crippen molar-refractivity contribution in [2.45, 2.75) is 26.9 Å². The van der Waals surface area contributed by atoms with Crippen LogP contribution >= 0.6 is 0 Å². The van der Waals surface area contributed by atoms with E-state index in [-0.39, 0.29) is 17.8 Å². The fourth-order valence-electron chi connectivity index (χ4n) is 3.51. The molecule has 0 unspecified atom stereocenters. The van der Waals surface area contributed by atoms with E-state index < -0.39 is 0 Å². The van der Waals surface area contributed by atoms with Gasteiger partial charge in [-0.15, -0.1) is 6.58 Å². The van der Waals surface area contributed by atoms with Crippen molar-refractivity contribution >= 4 is 16.9 Å². The van der Waals surface area contributed by atoms with Gasteiger partial charge in [0, 0.05) is 25.5 Å². The van der Waals surface area contributed by atoms with Crippen LogP contribution in [0.4, 0.5) is 0 Å². The monoisotopic (exact) mass is 363 g/mol. The van der Waals surface area contributed by atoms with E-state index in [1.807, 2.05) is 48.9 Å². The number of nitrogens with zero attached hydrogens (tertiary/aromatic N) is 5. The first-order valence-corrected chi connectivity index (χ1v) is 8.77. The molecule has 0 fully saturated rings. The zero-order chi connectivity index (χ0) is 19.3. The van der Waals surface area contributed by atoms with E-state index in [0.29, 0.717) is 23.5 Å². The molecule has 3 aromatic heterocycles. The summed E-state index contributed by atoms with van der Waals surface area (Å²) < 4.78 is 6.45. The molecule has 27 heavy (non-hydrogen) atoms. The molecule has 0 aliphatic heterocycles. The predicted octanol–water partition coefficient (Wildman–Crippen LogP) is 2.00. The number of benzene rings is 1. The van der Waals surface area contributed by atoms with Gasteiger partial charge in [0.2, 0.25) is 5.78 Å². The van der Waals surface area contributed by atoms with Crippen LogP contribution in [-0.4, -0.2) is 23.1 Å². The van der Waals surface area contributed by atoms with Crippen molar-refractivity contribution in [3.63, 3.8) is 0 Å². The second kappa shape index (κ2) is 6.12. The fourth-order valence-corrected chi connectivity index (χ4v) is 3.51. The Morgan fingerprint density at radius 3 is 2.59 bits per heavy atom. The molecule has 0 amide bonds. The summed E-state index contributed by atoms with van der Waals surface area (Å²) >= 11 is 0. The van der Waals surface area contributed by atoms with Crippen LogP contribution in [0.3, 0.4) is 0 Å². The minimum absolute atomic E-state index is 0.230. The zero-order valence-electron chi connectivity index (χ0n) is 15.6. The molecule has 0 aliphatic carbocycles. The molecular formula is C20H21N5O2. The average molecular weight is 363 g/mol. The number of hydrogen-bond donors (Lipinski definition) is 0. The number of imidazole rings is 2. The number of rotatable bonds is 4. The molecule has 1 aromatic carbocycles. The first-order valence-electron chi connectivity index (χ1n) is 8.77. The van der Waals surface area contributed by atoms with Gasteiger partial charge in [0.15, 0.2) is 11.2 Å². The van der Waals surface area contributed by atoms with Crippen molar-refractivity contribution in [3.8, 4) is 0 Å². The highest BCUT2D eigenvalue weighted by atomic mass is 16.2. The Bertz CT molecular complexity index is 1320. The second-order valence-corrected chi connectivity index (χ2v) is 6.78. The Balaban J connectivity index is 2.04. The first-order chi connectivity index (χ1) is 12.9. The lowest BCUT2D eigenvalue weighted by atomic mass is 10.1. The minimum atomic E-state index is -0.372. The van der Waals surface area contributed by atoms with Gasteiger partial charge in [0.25, 0.3) is 5.56 Å². The van der Waals surface area contributed by atoms with Crippen molar-refractivity contribution in [2.75, 3.05) is 0 Å². The maximum Gasteiger partial charge on any atom is 0.332 e. The third-order valence-corrected chi connectivity index (χ3v) is 5.04. The average Bonchev–Trinajstić information content (AvgIpc) is 3.15. The molecule has 0 atom stereocenters. The van der Waals surface area contributed by atoms with Crippen molar-refractivity contribution in [1.29, 1.82) is 0 Å². The molecule has 4 rings (SSSR count). The first kappa shape index (κ1) is 17.1. The van der Waals surface area contributed by atoms with Crippen LogP contribution in [0.2, 0.25) is 0 Å². The van der Waals surface area contributed by atoms with Crippen molar-refractivity contribution in [3.05, 3.63) is 80.8 Å². The van der Waals surface area contributed by atoms with Gasteiger partial charge in [0.1, 0.15) is 0 Å². The standard InChI is InChI=1S/C20H21N5O2/c1-5-10-23-14(3)11-24-16-17(21-19(23)24)22(4)20(27)25(18(16)26)12-15-9-7-6-8-13(15)2/h5-9,11H,1,10,12H2,2-4H3. The number of aryl methyl sites for hydroxylation is 3. The third kappa shape index (κ3) is 2.46. The van der Waals surface area contributed by atoms with E-state index in [1.165, 1.54) is 9.13 Å². The van der Waals surface area contributed by atoms with Crippen molar-refractivity contribution in [1.82, 2.24) is 23.1 Å². The molecule has 4 aromatic rings. The lowest BCUT2D eigenvalue weighted by Gasteiger charge is -2.10. The van der Waals surface area contributed by atoms with Crippen LogP contribution in [0, 0.1) is 13.8 Å². The summed E-state index contributed by atoms with van der Waals surface area (Å²) in [7, 11) is 1.65. The van der Waals surface area contributed by atoms with Crippen LogP contribution < -0.4 is 11.2 Å². The summed E-state index contributed by atoms with van der Waals surface area (Å²) in [6, 6.07) is 7.75. The van der Waals surface area contributed by atoms with Gasteiger partial charge in [-0.3, -0.25) is 18.3 Å². The second-order valence-electron chi connectivity index (χ2n) is 6.78. The summed E-state index contributed by atoms with van der Waals surface area (Å²) in [6.07, 6.45) is 3.65. The van der Waals surface area contributed by atoms with E-state index in [9.17, 15) is 9.59 Å². The summed E-state index contributed by atoms with van der Waals surface area (Å²) in [5.74, 6) is 0.628. The van der Waals surface area contributed by atoms with E-state index in [4.69, 9.17) is 0 Å². The lowest BCUT2D eigenvalue weighted by Crippen LogP contribution is -2.39. The molecule has 7 heteroatoms. The van der Waals surface area contributed by atoms with Crippen LogP contribution in [0.5, 0.6) is 0 Å². The Morgan fingerprint density at radius 2 is 1.89 bits per heavy atom. The summed E-state index contributed by atoms with van der Waals surface area (Å²) in [6.45, 7) is 8.51. The number of aromatic nitrogens is 5. The van der Waals surface area contributed by atoms with Crippen LogP contribution in [-0.2, 0) is 20.1 Å². The van der Waals surface area contributed by atoms with Crippen LogP contribution in [0.25, 0.3) is 16.9 Å². The number of allylic oxidation sites excluding steroid dienone is 1. The Morgan fingerprint density at radius 1 is 1.15 bits per heavy atom. The molecule has 138 valence electrons. The summed E-state index contributed by atoms with van der Waals surface area (Å²) in [5, 5.41) is 0. The Hall–Kier alpha value is -3.35. The third-order valence-electron chi connectivity index (χ3n) is 5.04. The highest BCUT2D eigenvalue weighted by molar-refractivity contribution is 5.75. The molecule has 0 radical (unpaired) electrons. The molecule has 0 bridgehead atoms. The van der Waals surface area contributed by atoms with Gasteiger partial charge in [0.05, 0.1) is 6.54 Å². The van der Waals surface area contributed by atoms with Crippen LogP contribution in [0.15, 0.2) is 52.7 Å². The van der Waals surface area contributed by atoms with Gasteiger partial charge in [-0.25, -0.2) is 4.79 Å². The maximum atomic E-state index is 13.2. The maximum absolute atomic E-state index is 13.2. The Kier molecular flexibility index (Phi) is 3.87. The van der Waals surface area contributed by atoms with Crippen LogP contribution in [0.1, 0.15) is 16.8 Å². The minimum Gasteiger partial charge on any atom is -0.310 e. The van der Waals surface area contributed by atoms with Gasteiger partial charge in [-0.05, 0) is 25.0 Å². The van der Waals surface area contributed by atoms with Crippen molar-refractivity contribution in [2.24, 2.45) is 7.05 Å². The normalized spacial score (nSPS) is 11.5. The fraction of sp³-hybridized carbons (Fsp3) is 0.250. The topological polar surface area (TPSA) is 66.2 Å². The molecular weight excluding hydrogens is 342 g/mol. The molecule has 0 saturated carbocycles. The van der Waals surface area contributed by atoms with E-state index in [2.05, 4.69) is 11.6 Å². The smallest absolute Gasteiger partial charge is 0.310 e. The molecule has 3 heterocycles. The molecule has 0 N–H and O–H groups in total. The quantitative estimate of drug-likeness (QED) is 0.521. The summed E-state index contributed by atoms with van der Waals surface area (Å²) in [5.41, 5.74) is 3.04. The molecule has 0 spiro atoms. The predicted molar refractivity (Wildman–Crippen MR) is 105 cm³/mol.